The van der Waals surface area contributed by atoms with Crippen LogP contribution in [0.15, 0.2) is 16.1 Å². The maximum absolute atomic E-state index is 11.3. The van der Waals surface area contributed by atoms with Gasteiger partial charge in [-0.1, -0.05) is 0 Å². The quantitative estimate of drug-likeness (QED) is 0.444. The van der Waals surface area contributed by atoms with E-state index >= 15 is 0 Å². The highest BCUT2D eigenvalue weighted by molar-refractivity contribution is 5.97. The van der Waals surface area contributed by atoms with Crippen LogP contribution in [0.1, 0.15) is 24.0 Å². The predicted octanol–water partition coefficient (Wildman–Crippen LogP) is 2.37. The van der Waals surface area contributed by atoms with E-state index in [0.29, 0.717) is 5.76 Å². The van der Waals surface area contributed by atoms with Gasteiger partial charge in [-0.2, -0.15) is 5.26 Å². The van der Waals surface area contributed by atoms with Crippen LogP contribution in [0, 0.1) is 25.2 Å². The van der Waals surface area contributed by atoms with E-state index < -0.39 is 5.97 Å². The Kier molecular flexibility index (Phi) is 3.90. The lowest BCUT2D eigenvalue weighted by molar-refractivity contribution is -0.137. The SMILES string of the molecule is CCOC(=O)/C(C#N)=C/c1cc(C)c(C)o1. The van der Waals surface area contributed by atoms with E-state index in [-0.39, 0.29) is 12.2 Å². The van der Waals surface area contributed by atoms with Gasteiger partial charge in [-0.3, -0.25) is 0 Å². The van der Waals surface area contributed by atoms with Crippen molar-refractivity contribution in [2.45, 2.75) is 20.8 Å². The van der Waals surface area contributed by atoms with Crippen LogP contribution in [0.3, 0.4) is 0 Å². The molecule has 1 aromatic rings. The van der Waals surface area contributed by atoms with Crippen molar-refractivity contribution in [1.29, 1.82) is 5.26 Å². The molecule has 1 heterocycles. The van der Waals surface area contributed by atoms with Crippen LogP contribution in [-0.2, 0) is 9.53 Å². The molecule has 1 aromatic heterocycles. The second kappa shape index (κ2) is 5.17. The summed E-state index contributed by atoms with van der Waals surface area (Å²) >= 11 is 0. The zero-order chi connectivity index (χ0) is 12.1. The monoisotopic (exact) mass is 219 g/mol. The van der Waals surface area contributed by atoms with Crippen LogP contribution >= 0.6 is 0 Å². The normalized spacial score (nSPS) is 11.0. The van der Waals surface area contributed by atoms with Gasteiger partial charge >= 0.3 is 5.97 Å². The number of hydrogen-bond acceptors (Lipinski definition) is 4. The number of carbonyl (C=O) groups excluding carboxylic acids is 1. The van der Waals surface area contributed by atoms with Crippen LogP contribution in [0.5, 0.6) is 0 Å². The maximum Gasteiger partial charge on any atom is 0.349 e. The molecule has 16 heavy (non-hydrogen) atoms. The summed E-state index contributed by atoms with van der Waals surface area (Å²) in [6.45, 7) is 5.65. The van der Waals surface area contributed by atoms with Crippen molar-refractivity contribution >= 4 is 12.0 Å². The molecule has 0 radical (unpaired) electrons. The molecule has 0 aliphatic heterocycles. The summed E-state index contributed by atoms with van der Waals surface area (Å²) in [4.78, 5) is 11.3. The van der Waals surface area contributed by atoms with Gasteiger partial charge in [-0.15, -0.1) is 0 Å². The number of nitrogens with zero attached hydrogens (tertiary/aromatic N) is 1. The van der Waals surface area contributed by atoms with Crippen molar-refractivity contribution in [3.8, 4) is 6.07 Å². The van der Waals surface area contributed by atoms with Gasteiger partial charge in [0.05, 0.1) is 6.61 Å². The van der Waals surface area contributed by atoms with E-state index in [1.807, 2.05) is 13.8 Å². The van der Waals surface area contributed by atoms with Gasteiger partial charge in [0.25, 0.3) is 0 Å². The molecule has 0 aromatic carbocycles. The summed E-state index contributed by atoms with van der Waals surface area (Å²) in [6.07, 6.45) is 1.39. The molecular formula is C12H13NO3. The molecule has 0 aliphatic carbocycles. The highest BCUT2D eigenvalue weighted by Gasteiger charge is 2.11. The third-order valence-corrected chi connectivity index (χ3v) is 2.09. The Labute approximate surface area is 94.1 Å². The van der Waals surface area contributed by atoms with Crippen molar-refractivity contribution in [2.75, 3.05) is 6.61 Å². The fourth-order valence-corrected chi connectivity index (χ4v) is 1.16. The minimum absolute atomic E-state index is 0.0596. The molecule has 0 spiro atoms. The summed E-state index contributed by atoms with van der Waals surface area (Å²) in [5.41, 5.74) is 0.919. The lowest BCUT2D eigenvalue weighted by Gasteiger charge is -1.97. The fourth-order valence-electron chi connectivity index (χ4n) is 1.16. The van der Waals surface area contributed by atoms with E-state index in [0.717, 1.165) is 11.3 Å². The summed E-state index contributed by atoms with van der Waals surface area (Å²) < 4.78 is 10.1. The van der Waals surface area contributed by atoms with Crippen molar-refractivity contribution in [2.24, 2.45) is 0 Å². The van der Waals surface area contributed by atoms with Crippen LogP contribution < -0.4 is 0 Å². The van der Waals surface area contributed by atoms with Gasteiger partial charge in [0, 0.05) is 6.08 Å². The highest BCUT2D eigenvalue weighted by atomic mass is 16.5. The Balaban J connectivity index is 2.97. The molecule has 0 N–H and O–H groups in total. The molecule has 0 atom stereocenters. The molecule has 0 fully saturated rings. The lowest BCUT2D eigenvalue weighted by atomic mass is 10.2. The molecule has 4 nitrogen and oxygen atoms in total. The van der Waals surface area contributed by atoms with Crippen molar-refractivity contribution in [3.63, 3.8) is 0 Å². The van der Waals surface area contributed by atoms with E-state index in [2.05, 4.69) is 0 Å². The van der Waals surface area contributed by atoms with E-state index in [1.54, 1.807) is 19.1 Å². The topological polar surface area (TPSA) is 63.2 Å². The summed E-state index contributed by atoms with van der Waals surface area (Å²) in [7, 11) is 0. The number of hydrogen-bond donors (Lipinski definition) is 0. The summed E-state index contributed by atoms with van der Waals surface area (Å²) in [5, 5.41) is 8.80. The standard InChI is InChI=1S/C12H13NO3/c1-4-15-12(14)10(7-13)6-11-5-8(2)9(3)16-11/h5-6H,4H2,1-3H3/b10-6+. The summed E-state index contributed by atoms with van der Waals surface area (Å²) in [6, 6.07) is 3.56. The zero-order valence-corrected chi connectivity index (χ0v) is 9.53. The fraction of sp³-hybridized carbons (Fsp3) is 0.333. The first-order valence-electron chi connectivity index (χ1n) is 4.94. The minimum Gasteiger partial charge on any atom is -0.462 e. The minimum atomic E-state index is -0.628. The van der Waals surface area contributed by atoms with Crippen LogP contribution in [0.25, 0.3) is 6.08 Å². The number of esters is 1. The van der Waals surface area contributed by atoms with Crippen molar-refractivity contribution in [3.05, 3.63) is 28.7 Å². The molecule has 0 bridgehead atoms. The Morgan fingerprint density at radius 2 is 2.31 bits per heavy atom. The van der Waals surface area contributed by atoms with Crippen molar-refractivity contribution < 1.29 is 13.9 Å². The number of rotatable bonds is 3. The molecule has 0 amide bonds. The number of ether oxygens (including phenoxy) is 1. The molecule has 1 rings (SSSR count). The van der Waals surface area contributed by atoms with Gasteiger partial charge in [-0.25, -0.2) is 4.79 Å². The Morgan fingerprint density at radius 1 is 1.62 bits per heavy atom. The van der Waals surface area contributed by atoms with E-state index in [9.17, 15) is 4.79 Å². The third kappa shape index (κ3) is 2.74. The molecule has 0 saturated carbocycles. The van der Waals surface area contributed by atoms with Crippen LogP contribution in [0.2, 0.25) is 0 Å². The van der Waals surface area contributed by atoms with Gasteiger partial charge in [0.1, 0.15) is 23.2 Å². The van der Waals surface area contributed by atoms with Gasteiger partial charge in [-0.05, 0) is 32.4 Å². The Morgan fingerprint density at radius 3 is 2.75 bits per heavy atom. The first kappa shape index (κ1) is 12.1. The maximum atomic E-state index is 11.3. The zero-order valence-electron chi connectivity index (χ0n) is 9.53. The average molecular weight is 219 g/mol. The molecule has 0 saturated heterocycles. The number of nitriles is 1. The smallest absolute Gasteiger partial charge is 0.349 e. The van der Waals surface area contributed by atoms with Gasteiger partial charge < -0.3 is 9.15 Å². The number of furan rings is 1. The van der Waals surface area contributed by atoms with E-state index in [1.165, 1.54) is 6.08 Å². The van der Waals surface area contributed by atoms with Crippen LogP contribution in [-0.4, -0.2) is 12.6 Å². The first-order chi connectivity index (χ1) is 7.58. The average Bonchev–Trinajstić information content (AvgIpc) is 2.55. The largest absolute Gasteiger partial charge is 0.462 e. The number of aryl methyl sites for hydroxylation is 2. The Hall–Kier alpha value is -2.02. The first-order valence-corrected chi connectivity index (χ1v) is 4.94. The predicted molar refractivity (Wildman–Crippen MR) is 58.4 cm³/mol. The molecule has 0 aliphatic rings. The van der Waals surface area contributed by atoms with E-state index in [4.69, 9.17) is 14.4 Å². The highest BCUT2D eigenvalue weighted by Crippen LogP contribution is 2.16. The Bertz CT molecular complexity index is 444. The second-order valence-electron chi connectivity index (χ2n) is 3.28. The van der Waals surface area contributed by atoms with Gasteiger partial charge in [0.15, 0.2) is 0 Å². The lowest BCUT2D eigenvalue weighted by Crippen LogP contribution is -2.05. The van der Waals surface area contributed by atoms with Gasteiger partial charge in [0.2, 0.25) is 0 Å². The molecule has 0 unspecified atom stereocenters. The molecular weight excluding hydrogens is 206 g/mol. The molecule has 84 valence electrons. The number of carbonyl (C=O) groups is 1. The molecule has 4 heteroatoms. The summed E-state index contributed by atoms with van der Waals surface area (Å²) in [5.74, 6) is 0.628. The van der Waals surface area contributed by atoms with Crippen molar-refractivity contribution in [1.82, 2.24) is 0 Å². The third-order valence-electron chi connectivity index (χ3n) is 2.09. The van der Waals surface area contributed by atoms with Crippen LogP contribution in [0.4, 0.5) is 0 Å². The second-order valence-corrected chi connectivity index (χ2v) is 3.28.